The van der Waals surface area contributed by atoms with Gasteiger partial charge in [0.05, 0.1) is 12.8 Å². The number of hydrogen-bond donors (Lipinski definition) is 1. The Hall–Kier alpha value is -3.64. The molecule has 1 N–H and O–H groups in total. The lowest BCUT2D eigenvalue weighted by molar-refractivity contribution is 0.101. The molecule has 1 heterocycles. The maximum atomic E-state index is 12.8. The fourth-order valence-electron chi connectivity index (χ4n) is 2.95. The maximum Gasteiger partial charge on any atom is 0.295 e. The zero-order valence-electron chi connectivity index (χ0n) is 16.5. The molecular formula is C23H19ClN4O2. The number of methoxy groups -OCH3 is 1. The number of benzene rings is 3. The fraction of sp³-hybridized carbons (Fsp3) is 0.0870. The van der Waals surface area contributed by atoms with Crippen LogP contribution in [0.5, 0.6) is 5.75 Å². The van der Waals surface area contributed by atoms with Gasteiger partial charge in [-0.05, 0) is 55.5 Å². The van der Waals surface area contributed by atoms with E-state index >= 15 is 0 Å². The SMILES string of the molecule is COc1ccc(NC(=O)c2nc(-c3cccc(Cl)c3)n(-c3ccc(C)cc3)n2)cc1. The third-order valence-corrected chi connectivity index (χ3v) is 4.75. The number of aromatic nitrogens is 3. The molecule has 7 heteroatoms. The van der Waals surface area contributed by atoms with E-state index in [0.717, 1.165) is 16.8 Å². The molecule has 0 bridgehead atoms. The second kappa shape index (κ2) is 8.39. The monoisotopic (exact) mass is 418 g/mol. The summed E-state index contributed by atoms with van der Waals surface area (Å²) in [7, 11) is 1.59. The highest BCUT2D eigenvalue weighted by atomic mass is 35.5. The van der Waals surface area contributed by atoms with E-state index < -0.39 is 5.91 Å². The predicted molar refractivity (Wildman–Crippen MR) is 117 cm³/mol. The Morgan fingerprint density at radius 2 is 1.77 bits per heavy atom. The molecule has 150 valence electrons. The van der Waals surface area contributed by atoms with Gasteiger partial charge in [0.2, 0.25) is 5.82 Å². The Labute approximate surface area is 179 Å². The average Bonchev–Trinajstić information content (AvgIpc) is 3.20. The molecule has 0 fully saturated rings. The number of anilines is 1. The number of aryl methyl sites for hydroxylation is 1. The van der Waals surface area contributed by atoms with Gasteiger partial charge in [-0.15, -0.1) is 5.10 Å². The highest BCUT2D eigenvalue weighted by molar-refractivity contribution is 6.30. The average molecular weight is 419 g/mol. The largest absolute Gasteiger partial charge is 0.497 e. The molecule has 0 saturated heterocycles. The van der Waals surface area contributed by atoms with E-state index in [-0.39, 0.29) is 5.82 Å². The molecule has 0 aliphatic heterocycles. The third kappa shape index (κ3) is 4.18. The molecule has 4 rings (SSSR count). The Bertz CT molecular complexity index is 1180. The Morgan fingerprint density at radius 1 is 1.03 bits per heavy atom. The lowest BCUT2D eigenvalue weighted by Crippen LogP contribution is -2.14. The van der Waals surface area contributed by atoms with Crippen LogP contribution in [-0.4, -0.2) is 27.8 Å². The number of hydrogen-bond acceptors (Lipinski definition) is 4. The van der Waals surface area contributed by atoms with Crippen LogP contribution in [0.1, 0.15) is 16.2 Å². The summed E-state index contributed by atoms with van der Waals surface area (Å²) in [5.74, 6) is 0.884. The standard InChI is InChI=1S/C23H19ClN4O2/c1-15-6-10-19(11-7-15)28-22(16-4-3-5-17(24)14-16)26-21(27-28)23(29)25-18-8-12-20(30-2)13-9-18/h3-14H,1-2H3,(H,25,29). The van der Waals surface area contributed by atoms with E-state index in [1.54, 1.807) is 48.2 Å². The molecule has 0 radical (unpaired) electrons. The summed E-state index contributed by atoms with van der Waals surface area (Å²) in [6, 6.07) is 22.2. The van der Waals surface area contributed by atoms with E-state index in [1.807, 2.05) is 43.3 Å². The van der Waals surface area contributed by atoms with Gasteiger partial charge in [0.25, 0.3) is 5.91 Å². The van der Waals surface area contributed by atoms with Gasteiger partial charge in [0.1, 0.15) is 5.75 Å². The molecule has 4 aromatic rings. The van der Waals surface area contributed by atoms with E-state index in [1.165, 1.54) is 0 Å². The summed E-state index contributed by atoms with van der Waals surface area (Å²) >= 11 is 6.17. The normalized spacial score (nSPS) is 10.6. The molecule has 0 saturated carbocycles. The predicted octanol–water partition coefficient (Wildman–Crippen LogP) is 5.16. The summed E-state index contributed by atoms with van der Waals surface area (Å²) in [5, 5.41) is 7.87. The van der Waals surface area contributed by atoms with Crippen LogP contribution in [0.15, 0.2) is 72.8 Å². The summed E-state index contributed by atoms with van der Waals surface area (Å²) in [5.41, 5.74) is 3.31. The van der Waals surface area contributed by atoms with Crippen LogP contribution in [0.2, 0.25) is 5.02 Å². The zero-order chi connectivity index (χ0) is 21.1. The van der Waals surface area contributed by atoms with Gasteiger partial charge in [0.15, 0.2) is 5.82 Å². The summed E-state index contributed by atoms with van der Waals surface area (Å²) in [4.78, 5) is 17.3. The fourth-order valence-corrected chi connectivity index (χ4v) is 3.14. The van der Waals surface area contributed by atoms with Gasteiger partial charge in [-0.25, -0.2) is 9.67 Å². The van der Waals surface area contributed by atoms with Crippen molar-refractivity contribution in [2.24, 2.45) is 0 Å². The number of rotatable bonds is 5. The molecule has 1 aromatic heterocycles. The summed E-state index contributed by atoms with van der Waals surface area (Å²) in [6.07, 6.45) is 0. The number of ether oxygens (including phenoxy) is 1. The van der Waals surface area contributed by atoms with Crippen LogP contribution >= 0.6 is 11.6 Å². The lowest BCUT2D eigenvalue weighted by atomic mass is 10.2. The van der Waals surface area contributed by atoms with Gasteiger partial charge in [-0.3, -0.25) is 4.79 Å². The van der Waals surface area contributed by atoms with Crippen LogP contribution in [0, 0.1) is 6.92 Å². The first-order chi connectivity index (χ1) is 14.5. The highest BCUT2D eigenvalue weighted by Gasteiger charge is 2.19. The maximum absolute atomic E-state index is 12.8. The van der Waals surface area contributed by atoms with Crippen LogP contribution in [0.4, 0.5) is 5.69 Å². The van der Waals surface area contributed by atoms with Crippen molar-refractivity contribution in [3.63, 3.8) is 0 Å². The molecule has 0 spiro atoms. The van der Waals surface area contributed by atoms with Crippen molar-refractivity contribution < 1.29 is 9.53 Å². The lowest BCUT2D eigenvalue weighted by Gasteiger charge is -2.06. The Balaban J connectivity index is 1.72. The molecular weight excluding hydrogens is 400 g/mol. The van der Waals surface area contributed by atoms with Crippen molar-refractivity contribution in [2.75, 3.05) is 12.4 Å². The molecule has 0 unspecified atom stereocenters. The van der Waals surface area contributed by atoms with Crippen LogP contribution in [-0.2, 0) is 0 Å². The van der Waals surface area contributed by atoms with E-state index in [4.69, 9.17) is 16.3 Å². The van der Waals surface area contributed by atoms with Crippen molar-refractivity contribution in [1.82, 2.24) is 14.8 Å². The first kappa shape index (κ1) is 19.7. The first-order valence-electron chi connectivity index (χ1n) is 9.29. The van der Waals surface area contributed by atoms with Gasteiger partial charge >= 0.3 is 0 Å². The smallest absolute Gasteiger partial charge is 0.295 e. The van der Waals surface area contributed by atoms with Gasteiger partial charge in [0, 0.05) is 16.3 Å². The zero-order valence-corrected chi connectivity index (χ0v) is 17.2. The minimum absolute atomic E-state index is 0.0568. The number of carbonyl (C=O) groups excluding carboxylic acids is 1. The Morgan fingerprint density at radius 3 is 2.43 bits per heavy atom. The van der Waals surface area contributed by atoms with E-state index in [2.05, 4.69) is 15.4 Å². The highest BCUT2D eigenvalue weighted by Crippen LogP contribution is 2.24. The second-order valence-corrected chi connectivity index (χ2v) is 7.14. The molecule has 6 nitrogen and oxygen atoms in total. The quantitative estimate of drug-likeness (QED) is 0.486. The minimum atomic E-state index is -0.408. The van der Waals surface area contributed by atoms with Crippen molar-refractivity contribution in [1.29, 1.82) is 0 Å². The Kier molecular flexibility index (Phi) is 5.50. The number of carbonyl (C=O) groups is 1. The summed E-state index contributed by atoms with van der Waals surface area (Å²) in [6.45, 7) is 2.01. The molecule has 3 aromatic carbocycles. The van der Waals surface area contributed by atoms with Crippen molar-refractivity contribution >= 4 is 23.2 Å². The van der Waals surface area contributed by atoms with Crippen LogP contribution in [0.25, 0.3) is 17.1 Å². The van der Waals surface area contributed by atoms with Crippen molar-refractivity contribution in [3.05, 3.63) is 89.2 Å². The van der Waals surface area contributed by atoms with E-state index in [9.17, 15) is 4.79 Å². The molecule has 0 aliphatic carbocycles. The number of halogens is 1. The molecule has 0 atom stereocenters. The van der Waals surface area contributed by atoms with E-state index in [0.29, 0.717) is 22.3 Å². The van der Waals surface area contributed by atoms with Crippen LogP contribution in [0.3, 0.4) is 0 Å². The molecule has 1 amide bonds. The number of amides is 1. The first-order valence-corrected chi connectivity index (χ1v) is 9.67. The topological polar surface area (TPSA) is 69.0 Å². The third-order valence-electron chi connectivity index (χ3n) is 4.52. The van der Waals surface area contributed by atoms with Gasteiger partial charge in [-0.1, -0.05) is 41.4 Å². The van der Waals surface area contributed by atoms with Crippen molar-refractivity contribution in [3.8, 4) is 22.8 Å². The number of nitrogens with one attached hydrogen (secondary N) is 1. The van der Waals surface area contributed by atoms with Gasteiger partial charge in [-0.2, -0.15) is 0 Å². The van der Waals surface area contributed by atoms with Gasteiger partial charge < -0.3 is 10.1 Å². The second-order valence-electron chi connectivity index (χ2n) is 6.70. The summed E-state index contributed by atoms with van der Waals surface area (Å²) < 4.78 is 6.79. The molecule has 30 heavy (non-hydrogen) atoms. The van der Waals surface area contributed by atoms with Crippen molar-refractivity contribution in [2.45, 2.75) is 6.92 Å². The number of nitrogens with zero attached hydrogens (tertiary/aromatic N) is 3. The molecule has 0 aliphatic rings. The minimum Gasteiger partial charge on any atom is -0.497 e. The van der Waals surface area contributed by atoms with Crippen LogP contribution < -0.4 is 10.1 Å².